The summed E-state index contributed by atoms with van der Waals surface area (Å²) in [4.78, 5) is 26.4. The number of amides is 2. The van der Waals surface area contributed by atoms with Crippen molar-refractivity contribution in [2.45, 2.75) is 12.5 Å². The van der Waals surface area contributed by atoms with Crippen molar-refractivity contribution in [2.24, 2.45) is 5.73 Å². The highest BCUT2D eigenvalue weighted by Gasteiger charge is 2.26. The maximum absolute atomic E-state index is 13.6. The number of nitro groups is 1. The van der Waals surface area contributed by atoms with Gasteiger partial charge in [-0.3, -0.25) is 25.1 Å². The van der Waals surface area contributed by atoms with E-state index in [0.29, 0.717) is 24.0 Å². The van der Waals surface area contributed by atoms with Gasteiger partial charge in [-0.05, 0) is 47.5 Å². The maximum Gasteiger partial charge on any atom is 0.338 e. The average Bonchev–Trinajstić information content (AvgIpc) is 2.98. The first-order valence-corrected chi connectivity index (χ1v) is 13.3. The summed E-state index contributed by atoms with van der Waals surface area (Å²) in [6.07, 6.45) is 0.0800. The van der Waals surface area contributed by atoms with Crippen molar-refractivity contribution in [3.8, 4) is 17.6 Å². The number of hydrogen-bond acceptors (Lipinski definition) is 7. The summed E-state index contributed by atoms with van der Waals surface area (Å²) in [5.74, 6) is 5.07. The Morgan fingerprint density at radius 1 is 1.02 bits per heavy atom. The molecule has 0 radical (unpaired) electrons. The van der Waals surface area contributed by atoms with Gasteiger partial charge in [0.05, 0.1) is 23.6 Å². The number of nitro benzene ring substituents is 1. The highest BCUT2D eigenvalue weighted by atomic mass is 19.1. The highest BCUT2D eigenvalue weighted by molar-refractivity contribution is 5.70. The Morgan fingerprint density at radius 3 is 2.17 bits per heavy atom. The number of primary amides is 1. The van der Waals surface area contributed by atoms with Crippen molar-refractivity contribution in [2.75, 3.05) is 45.9 Å². The lowest BCUT2D eigenvalue weighted by Gasteiger charge is -2.39. The summed E-state index contributed by atoms with van der Waals surface area (Å²) in [7, 11) is 0. The Balaban J connectivity index is 1.32. The molecule has 10 nitrogen and oxygen atoms in total. The fourth-order valence-corrected chi connectivity index (χ4v) is 4.73. The van der Waals surface area contributed by atoms with Crippen molar-refractivity contribution in [3.05, 3.63) is 105 Å². The Morgan fingerprint density at radius 2 is 1.62 bits per heavy atom. The molecule has 0 aromatic heterocycles. The molecule has 4 rings (SSSR count). The topological polar surface area (TPSA) is 125 Å². The molecule has 42 heavy (non-hydrogen) atoms. The van der Waals surface area contributed by atoms with Crippen molar-refractivity contribution >= 4 is 11.7 Å². The van der Waals surface area contributed by atoms with Crippen LogP contribution in [0.1, 0.15) is 29.2 Å². The maximum atomic E-state index is 13.6. The molecule has 220 valence electrons. The standard InChI is InChI=1S/C30H31F2N5O5/c31-25-9-4-23(5-10-25)29(24-6-11-26(32)12-7-24)35-17-15-34(16-18-35)19-20-42-27-13-8-22(28(21-27)37(40)41)3-1-2-14-36(39)30(33)38/h4-13,21,29,39H,2,14-20H2,(H2,33,38). The zero-order valence-corrected chi connectivity index (χ0v) is 22.8. The average molecular weight is 580 g/mol. The molecule has 0 saturated carbocycles. The van der Waals surface area contributed by atoms with Crippen LogP contribution in [0.2, 0.25) is 0 Å². The molecule has 3 aromatic carbocycles. The molecule has 2 amide bonds. The monoisotopic (exact) mass is 579 g/mol. The smallest absolute Gasteiger partial charge is 0.338 e. The number of urea groups is 1. The minimum absolute atomic E-state index is 0.0800. The van der Waals surface area contributed by atoms with Crippen LogP contribution in [-0.2, 0) is 0 Å². The van der Waals surface area contributed by atoms with Crippen molar-refractivity contribution < 1.29 is 28.4 Å². The van der Waals surface area contributed by atoms with E-state index in [1.807, 2.05) is 0 Å². The SMILES string of the molecule is NC(=O)N(O)CCC#Cc1ccc(OCCN2CCN(C(c3ccc(F)cc3)c3ccc(F)cc3)CC2)cc1[N+](=O)[O-]. The molecule has 1 fully saturated rings. The summed E-state index contributed by atoms with van der Waals surface area (Å²) in [6, 6.07) is 16.0. The van der Waals surface area contributed by atoms with Crippen molar-refractivity contribution in [1.29, 1.82) is 0 Å². The van der Waals surface area contributed by atoms with Gasteiger partial charge >= 0.3 is 6.03 Å². The van der Waals surface area contributed by atoms with Gasteiger partial charge in [-0.1, -0.05) is 36.1 Å². The summed E-state index contributed by atoms with van der Waals surface area (Å²) in [6.45, 7) is 3.76. The van der Waals surface area contributed by atoms with Crippen LogP contribution in [0.5, 0.6) is 5.75 Å². The van der Waals surface area contributed by atoms with Gasteiger partial charge in [0.2, 0.25) is 0 Å². The second-order valence-corrected chi connectivity index (χ2v) is 9.68. The van der Waals surface area contributed by atoms with E-state index in [0.717, 1.165) is 37.3 Å². The second kappa shape index (κ2) is 14.4. The largest absolute Gasteiger partial charge is 0.492 e. The lowest BCUT2D eigenvalue weighted by Crippen LogP contribution is -2.48. The zero-order chi connectivity index (χ0) is 30.1. The third-order valence-corrected chi connectivity index (χ3v) is 6.91. The van der Waals surface area contributed by atoms with E-state index >= 15 is 0 Å². The van der Waals surface area contributed by atoms with Crippen LogP contribution in [-0.4, -0.2) is 76.9 Å². The van der Waals surface area contributed by atoms with E-state index in [4.69, 9.17) is 10.5 Å². The molecule has 3 N–H and O–H groups in total. The molecule has 12 heteroatoms. The van der Waals surface area contributed by atoms with E-state index in [-0.39, 0.29) is 41.9 Å². The molecular weight excluding hydrogens is 548 g/mol. The van der Waals surface area contributed by atoms with Crippen LogP contribution in [0.25, 0.3) is 0 Å². The minimum atomic E-state index is -1.01. The van der Waals surface area contributed by atoms with E-state index < -0.39 is 11.0 Å². The number of piperazine rings is 1. The highest BCUT2D eigenvalue weighted by Crippen LogP contribution is 2.30. The number of carbonyl (C=O) groups excluding carboxylic acids is 1. The molecule has 3 aromatic rings. The zero-order valence-electron chi connectivity index (χ0n) is 22.8. The minimum Gasteiger partial charge on any atom is -0.492 e. The number of hydroxylamine groups is 2. The van der Waals surface area contributed by atoms with Crippen LogP contribution >= 0.6 is 0 Å². The van der Waals surface area contributed by atoms with E-state index in [1.54, 1.807) is 30.3 Å². The summed E-state index contributed by atoms with van der Waals surface area (Å²) in [5.41, 5.74) is 6.75. The number of carbonyl (C=O) groups is 1. The molecule has 0 unspecified atom stereocenters. The molecule has 0 bridgehead atoms. The van der Waals surface area contributed by atoms with Gasteiger partial charge in [0, 0.05) is 39.1 Å². The molecule has 0 spiro atoms. The third-order valence-electron chi connectivity index (χ3n) is 6.91. The number of rotatable bonds is 10. The number of hydrogen-bond donors (Lipinski definition) is 2. The Hall–Kier alpha value is -4.57. The van der Waals surface area contributed by atoms with Gasteiger partial charge in [0.1, 0.15) is 29.6 Å². The molecule has 1 aliphatic heterocycles. The van der Waals surface area contributed by atoms with Crippen LogP contribution in [0.4, 0.5) is 19.3 Å². The lowest BCUT2D eigenvalue weighted by atomic mass is 9.96. The number of nitrogens with two attached hydrogens (primary N) is 1. The van der Waals surface area contributed by atoms with E-state index in [9.17, 15) is 28.9 Å². The Bertz CT molecular complexity index is 1390. The number of halogens is 2. The van der Waals surface area contributed by atoms with E-state index in [1.165, 1.54) is 36.4 Å². The molecule has 1 saturated heterocycles. The van der Waals surface area contributed by atoms with Crippen LogP contribution in [0, 0.1) is 33.6 Å². The van der Waals surface area contributed by atoms with Gasteiger partial charge in [0.25, 0.3) is 5.69 Å². The van der Waals surface area contributed by atoms with Gasteiger partial charge in [-0.15, -0.1) is 0 Å². The summed E-state index contributed by atoms with van der Waals surface area (Å²) < 4.78 is 33.0. The van der Waals surface area contributed by atoms with E-state index in [2.05, 4.69) is 21.6 Å². The molecular formula is C30H31F2N5O5. The predicted octanol–water partition coefficient (Wildman–Crippen LogP) is 4.17. The third kappa shape index (κ3) is 8.23. The first-order valence-electron chi connectivity index (χ1n) is 13.3. The van der Waals surface area contributed by atoms with Gasteiger partial charge in [0.15, 0.2) is 0 Å². The first kappa shape index (κ1) is 30.4. The number of nitrogens with zero attached hydrogens (tertiary/aromatic N) is 4. The fraction of sp³-hybridized carbons (Fsp3) is 0.300. The van der Waals surface area contributed by atoms with Gasteiger partial charge in [-0.2, -0.15) is 0 Å². The second-order valence-electron chi connectivity index (χ2n) is 9.68. The van der Waals surface area contributed by atoms with Crippen LogP contribution < -0.4 is 10.5 Å². The molecule has 1 heterocycles. The molecule has 0 aliphatic carbocycles. The lowest BCUT2D eigenvalue weighted by molar-refractivity contribution is -0.385. The number of ether oxygens (including phenoxy) is 1. The van der Waals surface area contributed by atoms with Crippen LogP contribution in [0.3, 0.4) is 0 Å². The van der Waals surface area contributed by atoms with Crippen molar-refractivity contribution in [3.63, 3.8) is 0 Å². The van der Waals surface area contributed by atoms with Crippen molar-refractivity contribution in [1.82, 2.24) is 14.9 Å². The Labute approximate surface area is 242 Å². The normalized spacial score (nSPS) is 13.8. The quantitative estimate of drug-likeness (QED) is 0.160. The van der Waals surface area contributed by atoms with Crippen LogP contribution in [0.15, 0.2) is 66.7 Å². The van der Waals surface area contributed by atoms with Gasteiger partial charge in [-0.25, -0.2) is 18.6 Å². The van der Waals surface area contributed by atoms with Gasteiger partial charge < -0.3 is 10.5 Å². The Kier molecular flexibility index (Phi) is 10.4. The first-order chi connectivity index (χ1) is 20.2. The fourth-order valence-electron chi connectivity index (χ4n) is 4.73. The summed E-state index contributed by atoms with van der Waals surface area (Å²) in [5, 5.41) is 21.2. The number of benzene rings is 3. The molecule has 1 aliphatic rings. The molecule has 0 atom stereocenters. The predicted molar refractivity (Wildman–Crippen MR) is 151 cm³/mol. The summed E-state index contributed by atoms with van der Waals surface area (Å²) >= 11 is 0.